The van der Waals surface area contributed by atoms with E-state index in [2.05, 4.69) is 176 Å². The van der Waals surface area contributed by atoms with Crippen LogP contribution in [-0.2, 0) is 6.42 Å². The normalized spacial score (nSPS) is 16.3. The molecule has 3 aromatic rings. The van der Waals surface area contributed by atoms with Crippen molar-refractivity contribution in [2.75, 3.05) is 4.90 Å². The standard InChI is InChI=1S/C46H48N2/c1-5-9-23-37(8-4)24-20-35-47(40-27-12-10-13-28-40)45(21-6-2)43-31-18-19-32-44(43)46(22-7-3)48(41-29-14-11-15-30-41)42-34-33-38-25-16-17-26-39(38)36-42/h5-8,10-15,17-22,26-27,29-37,40H,1-4,9,16,23-25,28H2/b35-20+,45-21-,46-22-. The summed E-state index contributed by atoms with van der Waals surface area (Å²) in [7, 11) is 0. The topological polar surface area (TPSA) is 6.48 Å². The maximum absolute atomic E-state index is 4.17. The van der Waals surface area contributed by atoms with E-state index in [-0.39, 0.29) is 6.04 Å². The van der Waals surface area contributed by atoms with Gasteiger partial charge in [0.25, 0.3) is 0 Å². The molecule has 0 saturated heterocycles. The molecule has 3 aromatic carbocycles. The van der Waals surface area contributed by atoms with Crippen molar-refractivity contribution in [1.82, 2.24) is 4.90 Å². The van der Waals surface area contributed by atoms with Gasteiger partial charge in [-0.05, 0) is 92.0 Å². The Hall–Kier alpha value is -5.34. The van der Waals surface area contributed by atoms with Crippen molar-refractivity contribution in [3.05, 3.63) is 200 Å². The van der Waals surface area contributed by atoms with Crippen LogP contribution in [-0.4, -0.2) is 10.9 Å². The van der Waals surface area contributed by atoms with Gasteiger partial charge in [0.2, 0.25) is 0 Å². The van der Waals surface area contributed by atoms with Gasteiger partial charge in [-0.2, -0.15) is 0 Å². The molecule has 5 rings (SSSR count). The average molecular weight is 629 g/mol. The summed E-state index contributed by atoms with van der Waals surface area (Å²) in [4.78, 5) is 4.75. The summed E-state index contributed by atoms with van der Waals surface area (Å²) in [6.45, 7) is 16.3. The fraction of sp³-hybridized carbons (Fsp3) is 0.174. The second-order valence-corrected chi connectivity index (χ2v) is 12.1. The van der Waals surface area contributed by atoms with Crippen molar-refractivity contribution >= 4 is 28.8 Å². The van der Waals surface area contributed by atoms with E-state index in [0.717, 1.165) is 72.4 Å². The Labute approximate surface area is 288 Å². The molecule has 0 saturated carbocycles. The van der Waals surface area contributed by atoms with Gasteiger partial charge in [-0.3, -0.25) is 0 Å². The molecule has 2 unspecified atom stereocenters. The van der Waals surface area contributed by atoms with Crippen LogP contribution in [0, 0.1) is 5.92 Å². The molecule has 0 spiro atoms. The Balaban J connectivity index is 1.64. The first-order valence-corrected chi connectivity index (χ1v) is 17.1. The third-order valence-corrected chi connectivity index (χ3v) is 8.92. The van der Waals surface area contributed by atoms with Gasteiger partial charge in [0.05, 0.1) is 11.7 Å². The molecule has 0 heterocycles. The molecule has 0 fully saturated rings. The second-order valence-electron chi connectivity index (χ2n) is 12.1. The monoisotopic (exact) mass is 628 g/mol. The van der Waals surface area contributed by atoms with Crippen LogP contribution in [0.25, 0.3) is 17.5 Å². The number of nitrogens with zero attached hydrogens (tertiary/aromatic N) is 2. The number of para-hydroxylation sites is 1. The summed E-state index contributed by atoms with van der Waals surface area (Å²) in [5.74, 6) is 0.398. The fourth-order valence-corrected chi connectivity index (χ4v) is 6.47. The molecule has 0 bridgehead atoms. The number of allylic oxidation sites excluding steroid dienone is 10. The van der Waals surface area contributed by atoms with Crippen molar-refractivity contribution in [3.63, 3.8) is 0 Å². The summed E-state index contributed by atoms with van der Waals surface area (Å²) >= 11 is 0. The van der Waals surface area contributed by atoms with Crippen LogP contribution < -0.4 is 4.90 Å². The number of benzene rings is 3. The number of anilines is 2. The molecule has 2 heteroatoms. The molecule has 0 radical (unpaired) electrons. The van der Waals surface area contributed by atoms with Gasteiger partial charge in [0.15, 0.2) is 0 Å². The van der Waals surface area contributed by atoms with E-state index in [4.69, 9.17) is 0 Å². The predicted molar refractivity (Wildman–Crippen MR) is 211 cm³/mol. The Morgan fingerprint density at radius 2 is 1.56 bits per heavy atom. The minimum absolute atomic E-state index is 0.158. The van der Waals surface area contributed by atoms with E-state index in [1.54, 1.807) is 0 Å². The number of fused-ring (bicyclic) bond motifs is 1. The zero-order chi connectivity index (χ0) is 33.6. The van der Waals surface area contributed by atoms with Gasteiger partial charge < -0.3 is 9.80 Å². The molecular weight excluding hydrogens is 581 g/mol. The highest BCUT2D eigenvalue weighted by atomic mass is 15.2. The summed E-state index contributed by atoms with van der Waals surface area (Å²) in [5.41, 5.74) is 9.20. The Morgan fingerprint density at radius 1 is 0.812 bits per heavy atom. The van der Waals surface area contributed by atoms with E-state index in [0.29, 0.717) is 5.92 Å². The lowest BCUT2D eigenvalue weighted by atomic mass is 9.94. The van der Waals surface area contributed by atoms with Gasteiger partial charge in [0, 0.05) is 34.4 Å². The first-order valence-electron chi connectivity index (χ1n) is 17.1. The van der Waals surface area contributed by atoms with E-state index in [9.17, 15) is 0 Å². The summed E-state index contributed by atoms with van der Waals surface area (Å²) in [6, 6.07) is 26.3. The van der Waals surface area contributed by atoms with Crippen LogP contribution in [0.4, 0.5) is 11.4 Å². The number of aryl methyl sites for hydroxylation is 1. The molecule has 2 atom stereocenters. The van der Waals surface area contributed by atoms with Gasteiger partial charge in [-0.1, -0.05) is 129 Å². The molecule has 2 aliphatic rings. The first kappa shape index (κ1) is 34.0. The summed E-state index contributed by atoms with van der Waals surface area (Å²) < 4.78 is 0. The second kappa shape index (κ2) is 17.5. The van der Waals surface area contributed by atoms with Gasteiger partial charge >= 0.3 is 0 Å². The van der Waals surface area contributed by atoms with Crippen LogP contribution in [0.5, 0.6) is 0 Å². The third-order valence-electron chi connectivity index (χ3n) is 8.92. The van der Waals surface area contributed by atoms with Crippen molar-refractivity contribution < 1.29 is 0 Å². The minimum Gasteiger partial charge on any atom is -0.341 e. The summed E-state index contributed by atoms with van der Waals surface area (Å²) in [6.07, 6.45) is 36.0. The van der Waals surface area contributed by atoms with Crippen LogP contribution in [0.1, 0.15) is 54.4 Å². The highest BCUT2D eigenvalue weighted by Gasteiger charge is 2.24. The van der Waals surface area contributed by atoms with E-state index >= 15 is 0 Å². The lowest BCUT2D eigenvalue weighted by Gasteiger charge is -2.34. The number of hydrogen-bond donors (Lipinski definition) is 0. The van der Waals surface area contributed by atoms with Gasteiger partial charge in [-0.25, -0.2) is 0 Å². The van der Waals surface area contributed by atoms with Crippen molar-refractivity contribution in [3.8, 4) is 0 Å². The zero-order valence-electron chi connectivity index (χ0n) is 28.1. The Morgan fingerprint density at radius 3 is 2.27 bits per heavy atom. The molecule has 0 amide bonds. The van der Waals surface area contributed by atoms with Gasteiger partial charge in [-0.15, -0.1) is 13.2 Å². The van der Waals surface area contributed by atoms with Crippen molar-refractivity contribution in [1.29, 1.82) is 0 Å². The van der Waals surface area contributed by atoms with Crippen LogP contribution in [0.15, 0.2) is 178 Å². The maximum Gasteiger partial charge on any atom is 0.0554 e. The maximum atomic E-state index is 4.17. The smallest absolute Gasteiger partial charge is 0.0554 e. The molecule has 2 aliphatic carbocycles. The van der Waals surface area contributed by atoms with Crippen LogP contribution in [0.3, 0.4) is 0 Å². The molecule has 48 heavy (non-hydrogen) atoms. The number of rotatable bonds is 16. The lowest BCUT2D eigenvalue weighted by molar-refractivity contribution is 0.443. The van der Waals surface area contributed by atoms with E-state index in [1.165, 1.54) is 11.1 Å². The average Bonchev–Trinajstić information content (AvgIpc) is 3.14. The van der Waals surface area contributed by atoms with Crippen LogP contribution in [0.2, 0.25) is 0 Å². The highest BCUT2D eigenvalue weighted by molar-refractivity contribution is 5.93. The fourth-order valence-electron chi connectivity index (χ4n) is 6.47. The molecule has 2 nitrogen and oxygen atoms in total. The van der Waals surface area contributed by atoms with E-state index in [1.807, 2.05) is 18.2 Å². The highest BCUT2D eigenvalue weighted by Crippen LogP contribution is 2.40. The van der Waals surface area contributed by atoms with Crippen molar-refractivity contribution in [2.24, 2.45) is 5.92 Å². The zero-order valence-corrected chi connectivity index (χ0v) is 28.1. The molecule has 0 aliphatic heterocycles. The van der Waals surface area contributed by atoms with Crippen molar-refractivity contribution in [2.45, 2.75) is 44.6 Å². The SMILES string of the molecule is C=C/C=C(/c1ccccc1/C(=C/C=C)N(/C=C/CC(C=C)CCC=C)C1C=CC=CC1)N(c1ccccc1)c1ccc2c(c1)C=CCC2. The molecular formula is C46H48N2. The Bertz CT molecular complexity index is 1760. The third kappa shape index (κ3) is 8.32. The first-order chi connectivity index (χ1) is 23.7. The lowest BCUT2D eigenvalue weighted by Crippen LogP contribution is -2.29. The Kier molecular flexibility index (Phi) is 12.4. The quantitative estimate of drug-likeness (QED) is 0.115. The summed E-state index contributed by atoms with van der Waals surface area (Å²) in [5, 5.41) is 0. The van der Waals surface area contributed by atoms with Gasteiger partial charge in [0.1, 0.15) is 0 Å². The molecule has 0 aromatic heterocycles. The largest absolute Gasteiger partial charge is 0.341 e. The minimum atomic E-state index is 0.158. The molecule has 0 N–H and O–H groups in total. The number of hydrogen-bond acceptors (Lipinski definition) is 2. The molecule has 242 valence electrons. The van der Waals surface area contributed by atoms with Crippen LogP contribution >= 0.6 is 0 Å². The predicted octanol–water partition coefficient (Wildman–Crippen LogP) is 12.4. The van der Waals surface area contributed by atoms with E-state index < -0.39 is 0 Å².